The molecule has 2 aliphatic heterocycles. The number of hydrogen-bond donors (Lipinski definition) is 2. The Morgan fingerprint density at radius 2 is 2.03 bits per heavy atom. The van der Waals surface area contributed by atoms with Crippen molar-refractivity contribution in [3.63, 3.8) is 0 Å². The lowest BCUT2D eigenvalue weighted by Gasteiger charge is -2.41. The number of nitrogens with one attached hydrogen (secondary N) is 2. The summed E-state index contributed by atoms with van der Waals surface area (Å²) in [6.07, 6.45) is 3.95. The van der Waals surface area contributed by atoms with Crippen molar-refractivity contribution in [1.82, 2.24) is 19.8 Å². The molecule has 1 saturated heterocycles. The first-order valence-corrected chi connectivity index (χ1v) is 12.2. The van der Waals surface area contributed by atoms with Crippen molar-refractivity contribution in [2.45, 2.75) is 44.1 Å². The number of rotatable bonds is 7. The van der Waals surface area contributed by atoms with Crippen molar-refractivity contribution >= 4 is 16.6 Å². The number of alkyl halides is 4. The van der Waals surface area contributed by atoms with Crippen LogP contribution in [0.25, 0.3) is 10.9 Å². The lowest BCUT2D eigenvalue weighted by atomic mass is 9.90. The summed E-state index contributed by atoms with van der Waals surface area (Å²) in [5, 5.41) is 4.36. The highest BCUT2D eigenvalue weighted by molar-refractivity contribution is 5.86. The zero-order chi connectivity index (χ0) is 25.4. The van der Waals surface area contributed by atoms with E-state index in [1.807, 2.05) is 31.2 Å². The van der Waals surface area contributed by atoms with Gasteiger partial charge in [0.05, 0.1) is 42.9 Å². The number of hydrogen-bond acceptors (Lipinski definition) is 4. The zero-order valence-corrected chi connectivity index (χ0v) is 20.1. The molecule has 2 aliphatic rings. The van der Waals surface area contributed by atoms with E-state index in [-0.39, 0.29) is 18.8 Å². The van der Waals surface area contributed by atoms with Crippen LogP contribution >= 0.6 is 0 Å². The molecule has 190 valence electrons. The number of aromatic amines is 1. The van der Waals surface area contributed by atoms with E-state index >= 15 is 0 Å². The van der Waals surface area contributed by atoms with Crippen molar-refractivity contribution in [3.8, 4) is 12.3 Å². The lowest BCUT2D eigenvalue weighted by Crippen LogP contribution is -2.54. The number of nitrogens with zero attached hydrogens (tertiary/aromatic N) is 3. The quantitative estimate of drug-likeness (QED) is 0.359. The maximum absolute atomic E-state index is 13.6. The zero-order valence-electron chi connectivity index (χ0n) is 20.1. The van der Waals surface area contributed by atoms with Crippen LogP contribution in [0.4, 0.5) is 23.2 Å². The van der Waals surface area contributed by atoms with Gasteiger partial charge in [-0.15, -0.1) is 6.42 Å². The molecule has 5 rings (SSSR count). The molecule has 4 heterocycles. The summed E-state index contributed by atoms with van der Waals surface area (Å²) in [6.45, 7) is 2.90. The molecule has 36 heavy (non-hydrogen) atoms. The minimum absolute atomic E-state index is 0.249. The van der Waals surface area contributed by atoms with Crippen molar-refractivity contribution in [1.29, 1.82) is 0 Å². The molecule has 1 aromatic carbocycles. The Bertz CT molecular complexity index is 1250. The third-order valence-electron chi connectivity index (χ3n) is 7.14. The predicted molar refractivity (Wildman–Crippen MR) is 133 cm³/mol. The fourth-order valence-corrected chi connectivity index (χ4v) is 5.43. The molecule has 0 saturated carbocycles. The van der Waals surface area contributed by atoms with Crippen LogP contribution in [0.5, 0.6) is 0 Å². The van der Waals surface area contributed by atoms with Crippen molar-refractivity contribution in [2.24, 2.45) is 0 Å². The number of H-pyrrole nitrogens is 1. The minimum atomic E-state index is -4.34. The molecule has 1 fully saturated rings. The average Bonchev–Trinajstić information content (AvgIpc) is 3.17. The molecule has 2 atom stereocenters. The minimum Gasteiger partial charge on any atom is -0.378 e. The molecule has 0 radical (unpaired) electrons. The predicted octanol–water partition coefficient (Wildman–Crippen LogP) is 4.90. The topological polar surface area (TPSA) is 47.2 Å². The third-order valence-corrected chi connectivity index (χ3v) is 7.14. The second kappa shape index (κ2) is 9.75. The van der Waals surface area contributed by atoms with Crippen LogP contribution in [0.15, 0.2) is 36.5 Å². The molecule has 2 aromatic heterocycles. The van der Waals surface area contributed by atoms with E-state index in [9.17, 15) is 17.6 Å². The first kappa shape index (κ1) is 24.6. The Labute approximate surface area is 207 Å². The van der Waals surface area contributed by atoms with Gasteiger partial charge < -0.3 is 10.3 Å². The number of benzene rings is 1. The highest BCUT2D eigenvalue weighted by Crippen LogP contribution is 2.41. The Balaban J connectivity index is 1.44. The molecule has 0 aliphatic carbocycles. The third kappa shape index (κ3) is 4.93. The van der Waals surface area contributed by atoms with E-state index in [1.165, 1.54) is 4.90 Å². The van der Waals surface area contributed by atoms with E-state index in [0.717, 1.165) is 53.0 Å². The first-order chi connectivity index (χ1) is 17.3. The lowest BCUT2D eigenvalue weighted by molar-refractivity contribution is -0.155. The van der Waals surface area contributed by atoms with Crippen LogP contribution in [0.2, 0.25) is 0 Å². The summed E-state index contributed by atoms with van der Waals surface area (Å²) < 4.78 is 53.2. The second-order valence-electron chi connectivity index (χ2n) is 9.78. The van der Waals surface area contributed by atoms with Crippen molar-refractivity contribution in [3.05, 3.63) is 59.0 Å². The van der Waals surface area contributed by atoms with Crippen LogP contribution in [0.3, 0.4) is 0 Å². The summed E-state index contributed by atoms with van der Waals surface area (Å²) in [6, 6.07) is 8.54. The van der Waals surface area contributed by atoms with Crippen molar-refractivity contribution < 1.29 is 17.6 Å². The molecule has 5 nitrogen and oxygen atoms in total. The first-order valence-electron chi connectivity index (χ1n) is 12.2. The van der Waals surface area contributed by atoms with E-state index in [1.54, 1.807) is 12.3 Å². The highest BCUT2D eigenvalue weighted by Gasteiger charge is 2.42. The van der Waals surface area contributed by atoms with Gasteiger partial charge in [0, 0.05) is 47.8 Å². The Kier molecular flexibility index (Phi) is 6.66. The largest absolute Gasteiger partial charge is 0.401 e. The number of pyridine rings is 1. The highest BCUT2D eigenvalue weighted by atomic mass is 19.4. The number of halogens is 4. The van der Waals surface area contributed by atoms with Crippen LogP contribution in [-0.2, 0) is 6.42 Å². The van der Waals surface area contributed by atoms with Crippen LogP contribution in [0.1, 0.15) is 41.9 Å². The Morgan fingerprint density at radius 3 is 2.69 bits per heavy atom. The molecular formula is C27H29F4N5. The SMILES string of the molecule is C#Cc1ccc2[nH]c3c(c2c1)C[C@H](C)N(CC(F)(F)F)[C@H]3c1ccc(NC2CN(CCCF)C2)cn1. The second-order valence-corrected chi connectivity index (χ2v) is 9.78. The van der Waals surface area contributed by atoms with Gasteiger partial charge in [0.1, 0.15) is 0 Å². The fraction of sp³-hybridized carbons (Fsp3) is 0.444. The maximum atomic E-state index is 13.6. The van der Waals surface area contributed by atoms with E-state index in [4.69, 9.17) is 6.42 Å². The molecule has 0 spiro atoms. The van der Waals surface area contributed by atoms with Gasteiger partial charge in [0.15, 0.2) is 0 Å². The number of terminal acetylenes is 1. The van der Waals surface area contributed by atoms with Crippen LogP contribution in [0, 0.1) is 12.3 Å². The number of fused-ring (bicyclic) bond motifs is 3. The summed E-state index contributed by atoms with van der Waals surface area (Å²) in [5.41, 5.74) is 4.68. The van der Waals surface area contributed by atoms with Crippen molar-refractivity contribution in [2.75, 3.05) is 38.2 Å². The Hall–Kier alpha value is -3.09. The van der Waals surface area contributed by atoms with Crippen LogP contribution < -0.4 is 5.32 Å². The summed E-state index contributed by atoms with van der Waals surface area (Å²) >= 11 is 0. The fourth-order valence-electron chi connectivity index (χ4n) is 5.43. The van der Waals surface area contributed by atoms with E-state index in [0.29, 0.717) is 18.5 Å². The van der Waals surface area contributed by atoms with Gasteiger partial charge in [-0.2, -0.15) is 13.2 Å². The number of aromatic nitrogens is 2. The monoisotopic (exact) mass is 499 g/mol. The van der Waals surface area contributed by atoms with Gasteiger partial charge in [0.25, 0.3) is 0 Å². The molecule has 2 N–H and O–H groups in total. The molecule has 3 aromatic rings. The maximum Gasteiger partial charge on any atom is 0.401 e. The standard InChI is InChI=1S/C27H29F4N5/c1-3-18-5-7-23-21(12-18)22-11-17(2)36(16-27(29,30)31)26(25(22)34-23)24-8-6-19(13-32-24)33-20-14-35(15-20)10-4-9-28/h1,5-8,12-13,17,20,26,33-34H,4,9-11,14-16H2,2H3/t17-,26-/m0/s1. The van der Waals surface area contributed by atoms with Gasteiger partial charge in [-0.05, 0) is 55.7 Å². The van der Waals surface area contributed by atoms with Gasteiger partial charge in [0.2, 0.25) is 0 Å². The Morgan fingerprint density at radius 1 is 1.22 bits per heavy atom. The number of anilines is 1. The van der Waals surface area contributed by atoms with Gasteiger partial charge in [-0.1, -0.05) is 5.92 Å². The van der Waals surface area contributed by atoms with E-state index in [2.05, 4.69) is 26.1 Å². The van der Waals surface area contributed by atoms with Crippen LogP contribution in [-0.4, -0.2) is 70.9 Å². The summed E-state index contributed by atoms with van der Waals surface area (Å²) in [5.74, 6) is 2.64. The van der Waals surface area contributed by atoms with Gasteiger partial charge in [-0.25, -0.2) is 0 Å². The molecule has 0 amide bonds. The summed E-state index contributed by atoms with van der Waals surface area (Å²) in [4.78, 5) is 11.6. The van der Waals surface area contributed by atoms with Gasteiger partial charge >= 0.3 is 6.18 Å². The summed E-state index contributed by atoms with van der Waals surface area (Å²) in [7, 11) is 0. The molecule has 9 heteroatoms. The molecule has 0 unspecified atom stereocenters. The number of likely N-dealkylation sites (tertiary alicyclic amines) is 1. The van der Waals surface area contributed by atoms with E-state index < -0.39 is 18.8 Å². The molecule has 0 bridgehead atoms. The smallest absolute Gasteiger partial charge is 0.378 e. The average molecular weight is 500 g/mol. The normalized spacial score (nSPS) is 21.2. The molecular weight excluding hydrogens is 470 g/mol. The van der Waals surface area contributed by atoms with Gasteiger partial charge in [-0.3, -0.25) is 19.2 Å².